The Labute approximate surface area is 219 Å². The molecule has 1 aliphatic heterocycles. The summed E-state index contributed by atoms with van der Waals surface area (Å²) < 4.78 is 17.1. The van der Waals surface area contributed by atoms with E-state index in [-0.39, 0.29) is 29.5 Å². The molecule has 2 saturated carbocycles. The standard InChI is InChI=1S/C28H46O9/c1-15(30)35-14-20(31)27(4)10-8-17-16(12-27)6-7-19-26(2,3)21(9-11-28(17,19)5)37-25-24(34)23(33)22(32)18(13-29)36-25/h12,17-25,29,31-34H,6-11,13-14H2,1-5H3/t17?,18-,19?,20+,21-,22-,23+,24-,25+,27+,28+/m1/s1. The van der Waals surface area contributed by atoms with E-state index in [9.17, 15) is 30.3 Å². The van der Waals surface area contributed by atoms with Gasteiger partial charge < -0.3 is 39.7 Å². The summed E-state index contributed by atoms with van der Waals surface area (Å²) in [6, 6.07) is 0. The molecular formula is C28H46O9. The summed E-state index contributed by atoms with van der Waals surface area (Å²) >= 11 is 0. The molecule has 1 saturated heterocycles. The zero-order valence-corrected chi connectivity index (χ0v) is 22.8. The lowest BCUT2D eigenvalue weighted by atomic mass is 9.45. The van der Waals surface area contributed by atoms with Crippen LogP contribution in [0.15, 0.2) is 11.6 Å². The number of carbonyl (C=O) groups excluding carboxylic acids is 1. The van der Waals surface area contributed by atoms with E-state index in [1.807, 2.05) is 6.92 Å². The first-order chi connectivity index (χ1) is 17.2. The molecule has 212 valence electrons. The van der Waals surface area contributed by atoms with Crippen LogP contribution in [-0.4, -0.2) is 87.6 Å². The smallest absolute Gasteiger partial charge is 0.302 e. The maximum Gasteiger partial charge on any atom is 0.302 e. The topological polar surface area (TPSA) is 146 Å². The number of carbonyl (C=O) groups is 1. The summed E-state index contributed by atoms with van der Waals surface area (Å²) in [5.74, 6) is 0.357. The first-order valence-corrected chi connectivity index (χ1v) is 13.7. The van der Waals surface area contributed by atoms with Gasteiger partial charge in [0.2, 0.25) is 0 Å². The van der Waals surface area contributed by atoms with Crippen LogP contribution >= 0.6 is 0 Å². The predicted molar refractivity (Wildman–Crippen MR) is 134 cm³/mol. The van der Waals surface area contributed by atoms with Gasteiger partial charge in [0.05, 0.1) is 18.8 Å². The van der Waals surface area contributed by atoms with E-state index in [4.69, 9.17) is 14.2 Å². The molecule has 0 amide bonds. The van der Waals surface area contributed by atoms with Gasteiger partial charge in [0.25, 0.3) is 0 Å². The van der Waals surface area contributed by atoms with Gasteiger partial charge in [-0.05, 0) is 61.2 Å². The van der Waals surface area contributed by atoms with Crippen molar-refractivity contribution >= 4 is 5.97 Å². The van der Waals surface area contributed by atoms with Crippen LogP contribution in [0, 0.1) is 28.1 Å². The minimum atomic E-state index is -1.46. The monoisotopic (exact) mass is 526 g/mol. The number of hydrogen-bond donors (Lipinski definition) is 5. The summed E-state index contributed by atoms with van der Waals surface area (Å²) in [5, 5.41) is 51.2. The molecule has 37 heavy (non-hydrogen) atoms. The van der Waals surface area contributed by atoms with Crippen molar-refractivity contribution in [2.75, 3.05) is 13.2 Å². The van der Waals surface area contributed by atoms with Gasteiger partial charge in [-0.2, -0.15) is 0 Å². The Hall–Kier alpha value is -1.07. The molecule has 9 heteroatoms. The molecule has 0 radical (unpaired) electrons. The van der Waals surface area contributed by atoms with E-state index in [0.717, 1.165) is 38.5 Å². The SMILES string of the molecule is CC(=O)OC[C@H](O)[C@]1(C)C=C2CCC3C(C)(C)[C@H](O[C@@H]4O[C@H](CO)[C@@H](O)[C@H](O)[C@H]4O)CC[C@@]3(C)C2CC1. The third-order valence-corrected chi connectivity index (χ3v) is 10.3. The normalized spacial score (nSPS) is 46.3. The Kier molecular flexibility index (Phi) is 8.20. The Morgan fingerprint density at radius 1 is 1.08 bits per heavy atom. The van der Waals surface area contributed by atoms with Crippen molar-refractivity contribution < 1.29 is 44.5 Å². The molecule has 0 bridgehead atoms. The molecule has 5 N–H and O–H groups in total. The average molecular weight is 527 g/mol. The third-order valence-electron chi connectivity index (χ3n) is 10.3. The third kappa shape index (κ3) is 5.13. The van der Waals surface area contributed by atoms with Crippen molar-refractivity contribution in [3.63, 3.8) is 0 Å². The largest absolute Gasteiger partial charge is 0.463 e. The van der Waals surface area contributed by atoms with Gasteiger partial charge in [0.15, 0.2) is 6.29 Å². The molecule has 0 spiro atoms. The maximum absolute atomic E-state index is 11.2. The minimum absolute atomic E-state index is 0.00414. The number of fused-ring (bicyclic) bond motifs is 3. The second-order valence-corrected chi connectivity index (χ2v) is 12.9. The highest BCUT2D eigenvalue weighted by molar-refractivity contribution is 5.65. The first kappa shape index (κ1) is 28.9. The van der Waals surface area contributed by atoms with Gasteiger partial charge in [0, 0.05) is 12.3 Å². The summed E-state index contributed by atoms with van der Waals surface area (Å²) in [7, 11) is 0. The van der Waals surface area contributed by atoms with Crippen molar-refractivity contribution in [1.29, 1.82) is 0 Å². The molecule has 9 nitrogen and oxygen atoms in total. The maximum atomic E-state index is 11.2. The van der Waals surface area contributed by atoms with Crippen molar-refractivity contribution in [1.82, 2.24) is 0 Å². The number of rotatable bonds is 6. The van der Waals surface area contributed by atoms with Crippen LogP contribution in [0.4, 0.5) is 0 Å². The number of esters is 1. The lowest BCUT2D eigenvalue weighted by Crippen LogP contribution is -2.62. The van der Waals surface area contributed by atoms with Crippen LogP contribution < -0.4 is 0 Å². The van der Waals surface area contributed by atoms with Crippen molar-refractivity contribution in [3.05, 3.63) is 11.6 Å². The van der Waals surface area contributed by atoms with E-state index >= 15 is 0 Å². The van der Waals surface area contributed by atoms with E-state index < -0.39 is 48.8 Å². The van der Waals surface area contributed by atoms with Crippen molar-refractivity contribution in [2.45, 2.75) is 116 Å². The van der Waals surface area contributed by atoms with Gasteiger partial charge in [0.1, 0.15) is 31.0 Å². The van der Waals surface area contributed by atoms with Crippen molar-refractivity contribution in [2.24, 2.45) is 28.1 Å². The number of aliphatic hydroxyl groups is 5. The Bertz CT molecular complexity index is 872. The van der Waals surface area contributed by atoms with Gasteiger partial charge in [-0.1, -0.05) is 39.3 Å². The van der Waals surface area contributed by atoms with Crippen LogP contribution in [-0.2, 0) is 19.0 Å². The fraction of sp³-hybridized carbons (Fsp3) is 0.893. The highest BCUT2D eigenvalue weighted by Crippen LogP contribution is 2.64. The lowest BCUT2D eigenvalue weighted by Gasteiger charge is -2.62. The molecule has 4 rings (SSSR count). The van der Waals surface area contributed by atoms with E-state index in [1.165, 1.54) is 12.5 Å². The first-order valence-electron chi connectivity index (χ1n) is 13.7. The highest BCUT2D eigenvalue weighted by Gasteiger charge is 2.59. The molecule has 3 fully saturated rings. The lowest BCUT2D eigenvalue weighted by molar-refractivity contribution is -0.327. The summed E-state index contributed by atoms with van der Waals surface area (Å²) in [5.41, 5.74) is 0.764. The van der Waals surface area contributed by atoms with Crippen LogP contribution in [0.1, 0.15) is 73.1 Å². The summed E-state index contributed by atoms with van der Waals surface area (Å²) in [6.07, 6.45) is 0.254. The zero-order valence-electron chi connectivity index (χ0n) is 22.8. The Balaban J connectivity index is 1.50. The van der Waals surface area contributed by atoms with Gasteiger partial charge in [-0.3, -0.25) is 4.79 Å². The van der Waals surface area contributed by atoms with Crippen molar-refractivity contribution in [3.8, 4) is 0 Å². The van der Waals surface area contributed by atoms with Gasteiger partial charge in [-0.25, -0.2) is 0 Å². The molecule has 3 aliphatic carbocycles. The second-order valence-electron chi connectivity index (χ2n) is 12.9. The predicted octanol–water partition coefficient (Wildman–Crippen LogP) is 1.67. The van der Waals surface area contributed by atoms with E-state index in [0.29, 0.717) is 11.8 Å². The highest BCUT2D eigenvalue weighted by atomic mass is 16.7. The fourth-order valence-electron chi connectivity index (χ4n) is 7.96. The Morgan fingerprint density at radius 3 is 2.43 bits per heavy atom. The molecular weight excluding hydrogens is 480 g/mol. The van der Waals surface area contributed by atoms with Gasteiger partial charge >= 0.3 is 5.97 Å². The summed E-state index contributed by atoms with van der Waals surface area (Å²) in [6.45, 7) is 9.70. The summed E-state index contributed by atoms with van der Waals surface area (Å²) in [4.78, 5) is 11.2. The molecule has 0 aromatic rings. The quantitative estimate of drug-likeness (QED) is 0.198. The van der Waals surface area contributed by atoms with Crippen LogP contribution in [0.25, 0.3) is 0 Å². The number of hydrogen-bond acceptors (Lipinski definition) is 9. The molecule has 11 atom stereocenters. The zero-order chi connectivity index (χ0) is 27.3. The average Bonchev–Trinajstić information content (AvgIpc) is 2.83. The number of allylic oxidation sites excluding steroid dienone is 1. The number of aliphatic hydroxyl groups excluding tert-OH is 5. The van der Waals surface area contributed by atoms with Crippen LogP contribution in [0.2, 0.25) is 0 Å². The van der Waals surface area contributed by atoms with Gasteiger partial charge in [-0.15, -0.1) is 0 Å². The molecule has 0 aromatic carbocycles. The molecule has 4 aliphatic rings. The second kappa shape index (κ2) is 10.5. The van der Waals surface area contributed by atoms with Crippen LogP contribution in [0.3, 0.4) is 0 Å². The number of ether oxygens (including phenoxy) is 3. The molecule has 2 unspecified atom stereocenters. The minimum Gasteiger partial charge on any atom is -0.463 e. The molecule has 0 aromatic heterocycles. The van der Waals surface area contributed by atoms with Crippen LogP contribution in [0.5, 0.6) is 0 Å². The molecule has 1 heterocycles. The van der Waals surface area contributed by atoms with E-state index in [2.05, 4.69) is 26.8 Å². The fourth-order valence-corrected chi connectivity index (χ4v) is 7.96. The Morgan fingerprint density at radius 2 is 1.78 bits per heavy atom. The van der Waals surface area contributed by atoms with E-state index in [1.54, 1.807) is 0 Å².